The highest BCUT2D eigenvalue weighted by atomic mass is 15.1. The van der Waals surface area contributed by atoms with Crippen LogP contribution in [0, 0.1) is 6.92 Å². The van der Waals surface area contributed by atoms with Crippen molar-refractivity contribution in [2.24, 2.45) is 0 Å². The van der Waals surface area contributed by atoms with Crippen LogP contribution in [0.2, 0.25) is 0 Å². The molecule has 0 fully saturated rings. The molecular formula is C23H21N. The quantitative estimate of drug-likeness (QED) is 0.433. The second-order valence-electron chi connectivity index (χ2n) is 7.19. The van der Waals surface area contributed by atoms with Gasteiger partial charge in [-0.1, -0.05) is 48.0 Å². The number of rotatable bonds is 0. The summed E-state index contributed by atoms with van der Waals surface area (Å²) in [5, 5.41) is 0. The smallest absolute Gasteiger partial charge is 0.0447 e. The largest absolute Gasteiger partial charge is 0.344 e. The third-order valence-corrected chi connectivity index (χ3v) is 5.69. The molecule has 3 aromatic carbocycles. The predicted octanol–water partition coefficient (Wildman–Crippen LogP) is 5.16. The first kappa shape index (κ1) is 13.9. The van der Waals surface area contributed by atoms with Gasteiger partial charge < -0.3 is 4.90 Å². The molecule has 0 amide bonds. The van der Waals surface area contributed by atoms with E-state index in [1.165, 1.54) is 44.8 Å². The summed E-state index contributed by atoms with van der Waals surface area (Å²) < 4.78 is 0. The third-order valence-electron chi connectivity index (χ3n) is 5.69. The van der Waals surface area contributed by atoms with E-state index in [9.17, 15) is 0 Å². The Morgan fingerprint density at radius 2 is 1.38 bits per heavy atom. The van der Waals surface area contributed by atoms with Crippen LogP contribution in [0.3, 0.4) is 0 Å². The van der Waals surface area contributed by atoms with E-state index >= 15 is 0 Å². The molecule has 0 aromatic heterocycles. The van der Waals surface area contributed by atoms with Crippen LogP contribution in [0.4, 0.5) is 11.4 Å². The van der Waals surface area contributed by atoms with Gasteiger partial charge in [0.15, 0.2) is 0 Å². The van der Waals surface area contributed by atoms with Gasteiger partial charge in [-0.3, -0.25) is 0 Å². The van der Waals surface area contributed by atoms with E-state index in [1.807, 2.05) is 0 Å². The zero-order valence-electron chi connectivity index (χ0n) is 14.3. The van der Waals surface area contributed by atoms with Gasteiger partial charge in [0.1, 0.15) is 0 Å². The van der Waals surface area contributed by atoms with Gasteiger partial charge >= 0.3 is 0 Å². The van der Waals surface area contributed by atoms with E-state index in [0.717, 1.165) is 19.3 Å². The number of anilines is 2. The van der Waals surface area contributed by atoms with Crippen molar-refractivity contribution in [1.29, 1.82) is 0 Å². The minimum Gasteiger partial charge on any atom is -0.344 e. The molecule has 0 saturated heterocycles. The molecule has 1 aliphatic carbocycles. The van der Waals surface area contributed by atoms with Crippen LogP contribution in [-0.4, -0.2) is 7.05 Å². The van der Waals surface area contributed by atoms with Crippen molar-refractivity contribution in [1.82, 2.24) is 0 Å². The van der Waals surface area contributed by atoms with Crippen LogP contribution in [0.25, 0.3) is 0 Å². The summed E-state index contributed by atoms with van der Waals surface area (Å²) in [6.45, 7) is 2.19. The molecule has 3 aromatic rings. The van der Waals surface area contributed by atoms with E-state index in [-0.39, 0.29) is 0 Å². The van der Waals surface area contributed by atoms with Crippen molar-refractivity contribution in [2.75, 3.05) is 11.9 Å². The first-order chi connectivity index (χ1) is 11.7. The first-order valence-electron chi connectivity index (χ1n) is 8.74. The molecule has 118 valence electrons. The lowest BCUT2D eigenvalue weighted by atomic mass is 9.80. The lowest BCUT2D eigenvalue weighted by Crippen LogP contribution is -2.22. The van der Waals surface area contributed by atoms with Gasteiger partial charge in [-0.25, -0.2) is 0 Å². The van der Waals surface area contributed by atoms with Crippen molar-refractivity contribution in [3.05, 3.63) is 93.5 Å². The third kappa shape index (κ3) is 1.94. The van der Waals surface area contributed by atoms with E-state index < -0.39 is 0 Å². The maximum atomic E-state index is 2.37. The fraction of sp³-hybridized carbons (Fsp3) is 0.217. The molecule has 0 saturated carbocycles. The van der Waals surface area contributed by atoms with E-state index in [1.54, 1.807) is 5.56 Å². The SMILES string of the molecule is Cc1ccc2c(c1)Cc1c(ccc3c1Cc1ccccc1C3)N2C. The maximum absolute atomic E-state index is 2.37. The summed E-state index contributed by atoms with van der Waals surface area (Å²) >= 11 is 0. The minimum absolute atomic E-state index is 1.06. The number of fused-ring (bicyclic) bond motifs is 5. The van der Waals surface area contributed by atoms with Crippen molar-refractivity contribution in [3.63, 3.8) is 0 Å². The number of hydrogen-bond donors (Lipinski definition) is 0. The maximum Gasteiger partial charge on any atom is 0.0447 e. The van der Waals surface area contributed by atoms with E-state index in [4.69, 9.17) is 0 Å². The van der Waals surface area contributed by atoms with Crippen molar-refractivity contribution >= 4 is 11.4 Å². The fourth-order valence-corrected chi connectivity index (χ4v) is 4.43. The Bertz CT molecular complexity index is 968. The van der Waals surface area contributed by atoms with Gasteiger partial charge in [-0.15, -0.1) is 0 Å². The molecule has 24 heavy (non-hydrogen) atoms. The molecule has 0 N–H and O–H groups in total. The molecule has 0 spiro atoms. The standard InChI is InChI=1S/C23H21N/c1-15-7-9-22-19(11-15)14-21-20-13-17-6-4-3-5-16(17)12-18(20)8-10-23(21)24(22)2/h3-11H,12-14H2,1-2H3. The van der Waals surface area contributed by atoms with Crippen molar-refractivity contribution in [3.8, 4) is 0 Å². The average molecular weight is 311 g/mol. The number of benzene rings is 3. The summed E-state index contributed by atoms with van der Waals surface area (Å²) in [7, 11) is 2.20. The van der Waals surface area contributed by atoms with Gasteiger partial charge in [0.25, 0.3) is 0 Å². The van der Waals surface area contributed by atoms with Crippen LogP contribution >= 0.6 is 0 Å². The molecule has 0 radical (unpaired) electrons. The summed E-state index contributed by atoms with van der Waals surface area (Å²) in [6.07, 6.45) is 3.20. The van der Waals surface area contributed by atoms with E-state index in [2.05, 4.69) is 73.5 Å². The molecule has 1 heterocycles. The highest BCUT2D eigenvalue weighted by molar-refractivity contribution is 5.76. The number of hydrogen-bond acceptors (Lipinski definition) is 1. The van der Waals surface area contributed by atoms with Crippen LogP contribution in [-0.2, 0) is 19.3 Å². The average Bonchev–Trinajstić information content (AvgIpc) is 2.60. The van der Waals surface area contributed by atoms with Gasteiger partial charge in [-0.2, -0.15) is 0 Å². The molecule has 5 rings (SSSR count). The Morgan fingerprint density at radius 1 is 0.667 bits per heavy atom. The monoisotopic (exact) mass is 311 g/mol. The van der Waals surface area contributed by atoms with Crippen LogP contribution < -0.4 is 4.90 Å². The Morgan fingerprint density at radius 3 is 2.21 bits per heavy atom. The first-order valence-corrected chi connectivity index (χ1v) is 8.74. The zero-order chi connectivity index (χ0) is 16.3. The van der Waals surface area contributed by atoms with Crippen molar-refractivity contribution < 1.29 is 0 Å². The van der Waals surface area contributed by atoms with Crippen LogP contribution in [0.15, 0.2) is 54.6 Å². The van der Waals surface area contributed by atoms with Gasteiger partial charge in [0.2, 0.25) is 0 Å². The molecule has 1 aliphatic heterocycles. The topological polar surface area (TPSA) is 3.24 Å². The molecule has 2 aliphatic rings. The highest BCUT2D eigenvalue weighted by Gasteiger charge is 2.26. The molecule has 1 nitrogen and oxygen atoms in total. The molecule has 1 heteroatoms. The van der Waals surface area contributed by atoms with Gasteiger partial charge in [0.05, 0.1) is 0 Å². The van der Waals surface area contributed by atoms with Crippen molar-refractivity contribution in [2.45, 2.75) is 26.2 Å². The lowest BCUT2D eigenvalue weighted by molar-refractivity contribution is 0.945. The molecule has 0 atom stereocenters. The molecule has 0 bridgehead atoms. The Labute approximate surface area is 143 Å². The highest BCUT2D eigenvalue weighted by Crippen LogP contribution is 2.42. The summed E-state index contributed by atoms with van der Waals surface area (Å²) in [6, 6.07) is 20.4. The predicted molar refractivity (Wildman–Crippen MR) is 101 cm³/mol. The zero-order valence-corrected chi connectivity index (χ0v) is 14.3. The Balaban J connectivity index is 1.67. The lowest BCUT2D eigenvalue weighted by Gasteiger charge is -2.34. The second-order valence-corrected chi connectivity index (χ2v) is 7.19. The second kappa shape index (κ2) is 4.98. The van der Waals surface area contributed by atoms with Crippen LogP contribution in [0.5, 0.6) is 0 Å². The summed E-state index contributed by atoms with van der Waals surface area (Å²) in [5.41, 5.74) is 13.1. The molecule has 0 unspecified atom stereocenters. The normalized spacial score (nSPS) is 14.5. The summed E-state index contributed by atoms with van der Waals surface area (Å²) in [4.78, 5) is 2.37. The van der Waals surface area contributed by atoms with Gasteiger partial charge in [0, 0.05) is 24.8 Å². The Kier molecular flexibility index (Phi) is 2.87. The fourth-order valence-electron chi connectivity index (χ4n) is 4.43. The summed E-state index contributed by atoms with van der Waals surface area (Å²) in [5.74, 6) is 0. The van der Waals surface area contributed by atoms with E-state index in [0.29, 0.717) is 0 Å². The Hall–Kier alpha value is -2.54. The van der Waals surface area contributed by atoms with Gasteiger partial charge in [-0.05, 0) is 65.3 Å². The molecular weight excluding hydrogens is 290 g/mol. The number of aryl methyl sites for hydroxylation is 1. The van der Waals surface area contributed by atoms with Crippen LogP contribution in [0.1, 0.15) is 38.9 Å². The minimum atomic E-state index is 1.06. The number of nitrogens with zero attached hydrogens (tertiary/aromatic N) is 1.